The number of hydrogen-bond donors (Lipinski definition) is 0. The normalized spacial score (nSPS) is 11.5. The topological polar surface area (TPSA) is 20.3 Å². The molecule has 0 aliphatic heterocycles. The molecule has 1 aromatic rings. The van der Waals surface area contributed by atoms with Crippen LogP contribution in [0.4, 0.5) is 0 Å². The van der Waals surface area contributed by atoms with E-state index in [1.165, 1.54) is 11.3 Å². The van der Waals surface area contributed by atoms with E-state index in [2.05, 4.69) is 15.9 Å². The van der Waals surface area contributed by atoms with Crippen LogP contribution in [-0.4, -0.2) is 29.3 Å². The molecular formula is C10H13BrClNOS. The number of amides is 1. The minimum atomic E-state index is -0.324. The van der Waals surface area contributed by atoms with Crippen molar-refractivity contribution in [1.29, 1.82) is 0 Å². The van der Waals surface area contributed by atoms with E-state index < -0.39 is 0 Å². The summed E-state index contributed by atoms with van der Waals surface area (Å²) in [4.78, 5) is 14.4. The van der Waals surface area contributed by atoms with E-state index in [4.69, 9.17) is 11.6 Å². The zero-order valence-electron chi connectivity index (χ0n) is 8.88. The molecule has 0 fully saturated rings. The molecule has 0 atom stereocenters. The molecule has 0 spiro atoms. The SMILES string of the molecule is CN(C(=O)c1ccc(Br)s1)C(C)(C)CCl. The fourth-order valence-corrected chi connectivity index (χ4v) is 2.50. The highest BCUT2D eigenvalue weighted by Gasteiger charge is 2.28. The summed E-state index contributed by atoms with van der Waals surface area (Å²) in [6.07, 6.45) is 0. The highest BCUT2D eigenvalue weighted by Crippen LogP contribution is 2.25. The zero-order valence-corrected chi connectivity index (χ0v) is 12.0. The predicted octanol–water partition coefficient (Wildman–Crippen LogP) is 3.60. The van der Waals surface area contributed by atoms with Crippen molar-refractivity contribution in [2.45, 2.75) is 19.4 Å². The van der Waals surface area contributed by atoms with E-state index in [0.29, 0.717) is 5.88 Å². The Morgan fingerprint density at radius 1 is 1.60 bits per heavy atom. The third-order valence-electron chi connectivity index (χ3n) is 2.32. The van der Waals surface area contributed by atoms with Crippen LogP contribution in [-0.2, 0) is 0 Å². The van der Waals surface area contributed by atoms with Crippen LogP contribution in [0.3, 0.4) is 0 Å². The standard InChI is InChI=1S/C10H13BrClNOS/c1-10(2,6-12)13(3)9(14)7-4-5-8(11)15-7/h4-5H,6H2,1-3H3. The van der Waals surface area contributed by atoms with Crippen molar-refractivity contribution in [3.05, 3.63) is 20.8 Å². The van der Waals surface area contributed by atoms with Gasteiger partial charge >= 0.3 is 0 Å². The summed E-state index contributed by atoms with van der Waals surface area (Å²) >= 11 is 10.6. The van der Waals surface area contributed by atoms with Crippen molar-refractivity contribution in [2.24, 2.45) is 0 Å². The number of carbonyl (C=O) groups is 1. The van der Waals surface area contributed by atoms with Gasteiger partial charge in [-0.1, -0.05) is 0 Å². The second-order valence-electron chi connectivity index (χ2n) is 3.91. The average Bonchev–Trinajstić information content (AvgIpc) is 2.62. The van der Waals surface area contributed by atoms with Crippen molar-refractivity contribution >= 4 is 44.8 Å². The summed E-state index contributed by atoms with van der Waals surface area (Å²) in [5.74, 6) is 0.429. The first kappa shape index (κ1) is 13.0. The number of nitrogens with zero attached hydrogens (tertiary/aromatic N) is 1. The van der Waals surface area contributed by atoms with Crippen molar-refractivity contribution < 1.29 is 4.79 Å². The molecule has 2 nitrogen and oxygen atoms in total. The highest BCUT2D eigenvalue weighted by molar-refractivity contribution is 9.11. The first-order chi connectivity index (χ1) is 6.88. The van der Waals surface area contributed by atoms with Crippen LogP contribution in [0, 0.1) is 0 Å². The molecule has 1 heterocycles. The Balaban J connectivity index is 2.86. The molecule has 0 N–H and O–H groups in total. The lowest BCUT2D eigenvalue weighted by Crippen LogP contribution is -2.46. The molecule has 5 heteroatoms. The number of thiophene rings is 1. The molecule has 0 aliphatic carbocycles. The molecule has 1 aromatic heterocycles. The van der Waals surface area contributed by atoms with Gasteiger partial charge in [0.25, 0.3) is 5.91 Å². The molecule has 15 heavy (non-hydrogen) atoms. The first-order valence-electron chi connectivity index (χ1n) is 4.48. The van der Waals surface area contributed by atoms with E-state index in [1.807, 2.05) is 26.0 Å². The van der Waals surface area contributed by atoms with Gasteiger partial charge in [-0.3, -0.25) is 4.79 Å². The molecule has 0 unspecified atom stereocenters. The quantitative estimate of drug-likeness (QED) is 0.781. The van der Waals surface area contributed by atoms with Gasteiger partial charge in [-0.2, -0.15) is 0 Å². The number of alkyl halides is 1. The van der Waals surface area contributed by atoms with Crippen molar-refractivity contribution in [1.82, 2.24) is 4.90 Å². The van der Waals surface area contributed by atoms with Crippen molar-refractivity contribution in [2.75, 3.05) is 12.9 Å². The van der Waals surface area contributed by atoms with Gasteiger partial charge in [-0.15, -0.1) is 22.9 Å². The van der Waals surface area contributed by atoms with Crippen LogP contribution >= 0.6 is 38.9 Å². The second-order valence-corrected chi connectivity index (χ2v) is 6.64. The predicted molar refractivity (Wildman–Crippen MR) is 68.9 cm³/mol. The summed E-state index contributed by atoms with van der Waals surface area (Å²) in [7, 11) is 1.78. The average molecular weight is 311 g/mol. The molecule has 0 aromatic carbocycles. The van der Waals surface area contributed by atoms with Crippen LogP contribution in [0.25, 0.3) is 0 Å². The minimum absolute atomic E-state index is 0.0105. The molecule has 0 bridgehead atoms. The van der Waals surface area contributed by atoms with Gasteiger partial charge in [0, 0.05) is 12.9 Å². The Bertz CT molecular complexity index is 364. The van der Waals surface area contributed by atoms with Gasteiger partial charge in [0.15, 0.2) is 0 Å². The summed E-state index contributed by atoms with van der Waals surface area (Å²) in [6, 6.07) is 3.69. The van der Waals surface area contributed by atoms with E-state index in [9.17, 15) is 4.79 Å². The Kier molecular flexibility index (Phi) is 4.20. The molecule has 84 valence electrons. The van der Waals surface area contributed by atoms with Crippen LogP contribution in [0.15, 0.2) is 15.9 Å². The number of carbonyl (C=O) groups excluding carboxylic acids is 1. The van der Waals surface area contributed by atoms with E-state index in [-0.39, 0.29) is 11.4 Å². The van der Waals surface area contributed by atoms with Crippen LogP contribution in [0.1, 0.15) is 23.5 Å². The maximum atomic E-state index is 12.0. The van der Waals surface area contributed by atoms with Gasteiger partial charge in [0.2, 0.25) is 0 Å². The lowest BCUT2D eigenvalue weighted by molar-refractivity contribution is 0.0665. The second kappa shape index (κ2) is 4.85. The highest BCUT2D eigenvalue weighted by atomic mass is 79.9. The Morgan fingerprint density at radius 2 is 2.20 bits per heavy atom. The van der Waals surface area contributed by atoms with E-state index in [1.54, 1.807) is 11.9 Å². The number of rotatable bonds is 3. The molecule has 0 aliphatic rings. The van der Waals surface area contributed by atoms with E-state index in [0.717, 1.165) is 8.66 Å². The Hall–Kier alpha value is -0.0600. The molecular weight excluding hydrogens is 298 g/mol. The smallest absolute Gasteiger partial charge is 0.264 e. The maximum Gasteiger partial charge on any atom is 0.264 e. The van der Waals surface area contributed by atoms with Gasteiger partial charge in [0.05, 0.1) is 14.2 Å². The molecule has 1 rings (SSSR count). The molecule has 0 saturated carbocycles. The summed E-state index contributed by atoms with van der Waals surface area (Å²) in [6.45, 7) is 3.89. The third kappa shape index (κ3) is 2.95. The zero-order chi connectivity index (χ0) is 11.6. The molecule has 0 radical (unpaired) electrons. The van der Waals surface area contributed by atoms with Crippen molar-refractivity contribution in [3.8, 4) is 0 Å². The summed E-state index contributed by atoms with van der Waals surface area (Å²) in [5.41, 5.74) is -0.324. The van der Waals surface area contributed by atoms with E-state index >= 15 is 0 Å². The van der Waals surface area contributed by atoms with Crippen LogP contribution < -0.4 is 0 Å². The Labute approximate surface area is 107 Å². The lowest BCUT2D eigenvalue weighted by Gasteiger charge is -2.33. The monoisotopic (exact) mass is 309 g/mol. The van der Waals surface area contributed by atoms with Gasteiger partial charge in [0.1, 0.15) is 0 Å². The summed E-state index contributed by atoms with van der Waals surface area (Å²) < 4.78 is 0.961. The lowest BCUT2D eigenvalue weighted by atomic mass is 10.1. The van der Waals surface area contributed by atoms with Crippen LogP contribution in [0.5, 0.6) is 0 Å². The summed E-state index contributed by atoms with van der Waals surface area (Å²) in [5, 5.41) is 0. The van der Waals surface area contributed by atoms with Gasteiger partial charge < -0.3 is 4.90 Å². The molecule has 0 saturated heterocycles. The fraction of sp³-hybridized carbons (Fsp3) is 0.500. The largest absolute Gasteiger partial charge is 0.335 e. The fourth-order valence-electron chi connectivity index (χ4n) is 0.959. The van der Waals surface area contributed by atoms with Gasteiger partial charge in [-0.05, 0) is 41.9 Å². The minimum Gasteiger partial charge on any atom is -0.335 e. The van der Waals surface area contributed by atoms with Crippen molar-refractivity contribution in [3.63, 3.8) is 0 Å². The maximum absolute atomic E-state index is 12.0. The van der Waals surface area contributed by atoms with Crippen LogP contribution in [0.2, 0.25) is 0 Å². The molecule has 1 amide bonds. The first-order valence-corrected chi connectivity index (χ1v) is 6.62. The third-order valence-corrected chi connectivity index (χ3v) is 4.59. The van der Waals surface area contributed by atoms with Gasteiger partial charge in [-0.25, -0.2) is 0 Å². The Morgan fingerprint density at radius 3 is 2.60 bits per heavy atom. The number of hydrogen-bond acceptors (Lipinski definition) is 2. The number of halogens is 2.